The van der Waals surface area contributed by atoms with Crippen molar-refractivity contribution in [2.24, 2.45) is 7.05 Å². The minimum absolute atomic E-state index is 0.0380. The molecule has 132 valence electrons. The maximum absolute atomic E-state index is 12.5. The first-order valence-electron chi connectivity index (χ1n) is 8.45. The number of ether oxygens (including phenoxy) is 1. The van der Waals surface area contributed by atoms with Gasteiger partial charge in [-0.2, -0.15) is 5.10 Å². The second-order valence-corrected chi connectivity index (χ2v) is 6.26. The molecule has 7 nitrogen and oxygen atoms in total. The highest BCUT2D eigenvalue weighted by Crippen LogP contribution is 2.16. The number of piperidine rings is 1. The molecule has 2 aromatic rings. The van der Waals surface area contributed by atoms with Gasteiger partial charge in [-0.15, -0.1) is 0 Å². The van der Waals surface area contributed by atoms with Crippen LogP contribution < -0.4 is 5.56 Å². The number of carbonyl (C=O) groups excluding carboxylic acids is 2. The van der Waals surface area contributed by atoms with Gasteiger partial charge in [0.05, 0.1) is 5.39 Å². The van der Waals surface area contributed by atoms with E-state index in [0.29, 0.717) is 23.9 Å². The van der Waals surface area contributed by atoms with Gasteiger partial charge in [0.15, 0.2) is 11.8 Å². The Morgan fingerprint density at radius 2 is 1.76 bits per heavy atom. The average Bonchev–Trinajstić information content (AvgIpc) is 2.64. The molecule has 0 unspecified atom stereocenters. The second-order valence-electron chi connectivity index (χ2n) is 6.26. The van der Waals surface area contributed by atoms with E-state index in [1.807, 2.05) is 0 Å². The summed E-state index contributed by atoms with van der Waals surface area (Å²) in [6.45, 7) is 2.96. The molecule has 3 rings (SSSR count). The molecule has 1 aromatic heterocycles. The molecule has 1 atom stereocenters. The first kappa shape index (κ1) is 17.1. The van der Waals surface area contributed by atoms with Crippen LogP contribution in [0, 0.1) is 0 Å². The summed E-state index contributed by atoms with van der Waals surface area (Å²) >= 11 is 0. The van der Waals surface area contributed by atoms with Crippen LogP contribution in [0.3, 0.4) is 0 Å². The summed E-state index contributed by atoms with van der Waals surface area (Å²) in [5.74, 6) is -0.896. The summed E-state index contributed by atoms with van der Waals surface area (Å²) in [5.41, 5.74) is -0.249. The molecule has 0 N–H and O–H groups in total. The number of fused-ring (bicyclic) bond motifs is 1. The van der Waals surface area contributed by atoms with E-state index in [0.717, 1.165) is 23.9 Å². The van der Waals surface area contributed by atoms with Crippen molar-refractivity contribution in [2.45, 2.75) is 32.3 Å². The van der Waals surface area contributed by atoms with Gasteiger partial charge in [0.1, 0.15) is 0 Å². The van der Waals surface area contributed by atoms with Gasteiger partial charge in [0.25, 0.3) is 11.5 Å². The Kier molecular flexibility index (Phi) is 4.83. The summed E-state index contributed by atoms with van der Waals surface area (Å²) < 4.78 is 6.45. The minimum atomic E-state index is -0.886. The first-order chi connectivity index (χ1) is 12.0. The number of aryl methyl sites for hydroxylation is 1. The standard InChI is InChI=1S/C18H21N3O4/c1-12(16(22)21-10-6-3-7-11-21)25-18(24)15-13-8-4-5-9-14(13)17(23)20(2)19-15/h4-5,8-9,12H,3,6-7,10-11H2,1-2H3/t12-/m1/s1. The predicted molar refractivity (Wildman–Crippen MR) is 92.3 cm³/mol. The van der Waals surface area contributed by atoms with Gasteiger partial charge in [-0.1, -0.05) is 18.2 Å². The molecule has 1 aliphatic rings. The lowest BCUT2D eigenvalue weighted by molar-refractivity contribution is -0.140. The number of likely N-dealkylation sites (tertiary alicyclic amines) is 1. The van der Waals surface area contributed by atoms with Gasteiger partial charge in [0.2, 0.25) is 0 Å². The van der Waals surface area contributed by atoms with Gasteiger partial charge < -0.3 is 9.64 Å². The van der Waals surface area contributed by atoms with Crippen LogP contribution in [0.2, 0.25) is 0 Å². The maximum atomic E-state index is 12.5. The molecule has 25 heavy (non-hydrogen) atoms. The van der Waals surface area contributed by atoms with Crippen LogP contribution in [0.25, 0.3) is 10.8 Å². The van der Waals surface area contributed by atoms with Crippen LogP contribution in [-0.4, -0.2) is 45.8 Å². The van der Waals surface area contributed by atoms with Crippen molar-refractivity contribution in [3.63, 3.8) is 0 Å². The Hall–Kier alpha value is -2.70. The van der Waals surface area contributed by atoms with E-state index in [1.165, 1.54) is 7.05 Å². The summed E-state index contributed by atoms with van der Waals surface area (Å²) in [4.78, 5) is 38.8. The van der Waals surface area contributed by atoms with Crippen molar-refractivity contribution in [3.05, 3.63) is 40.3 Å². The smallest absolute Gasteiger partial charge is 0.360 e. The summed E-state index contributed by atoms with van der Waals surface area (Å²) in [5, 5.41) is 4.85. The molecule has 1 fully saturated rings. The molecular formula is C18H21N3O4. The molecule has 0 bridgehead atoms. The maximum Gasteiger partial charge on any atom is 0.360 e. The number of hydrogen-bond acceptors (Lipinski definition) is 5. The van der Waals surface area contributed by atoms with Crippen molar-refractivity contribution in [2.75, 3.05) is 13.1 Å². The van der Waals surface area contributed by atoms with E-state index in [1.54, 1.807) is 36.1 Å². The number of esters is 1. The number of rotatable bonds is 3. The Bertz CT molecular complexity index is 868. The molecule has 0 radical (unpaired) electrons. The van der Waals surface area contributed by atoms with Gasteiger partial charge in [-0.05, 0) is 32.3 Å². The highest BCUT2D eigenvalue weighted by molar-refractivity contribution is 6.02. The monoisotopic (exact) mass is 343 g/mol. The molecule has 1 aliphatic heterocycles. The molecule has 7 heteroatoms. The summed E-state index contributed by atoms with van der Waals surface area (Å²) in [7, 11) is 1.48. The molecule has 1 amide bonds. The van der Waals surface area contributed by atoms with E-state index >= 15 is 0 Å². The third kappa shape index (κ3) is 3.40. The summed E-state index contributed by atoms with van der Waals surface area (Å²) in [6, 6.07) is 6.74. The van der Waals surface area contributed by atoms with Crippen molar-refractivity contribution in [1.82, 2.24) is 14.7 Å². The fourth-order valence-electron chi connectivity index (χ4n) is 3.09. The minimum Gasteiger partial charge on any atom is -0.448 e. The van der Waals surface area contributed by atoms with Gasteiger partial charge in [0, 0.05) is 25.5 Å². The van der Waals surface area contributed by atoms with Gasteiger partial charge >= 0.3 is 5.97 Å². The van der Waals surface area contributed by atoms with Crippen LogP contribution in [-0.2, 0) is 16.6 Å². The Labute approximate surface area is 145 Å². The van der Waals surface area contributed by atoms with E-state index in [-0.39, 0.29) is 17.2 Å². The largest absolute Gasteiger partial charge is 0.448 e. The van der Waals surface area contributed by atoms with Crippen molar-refractivity contribution in [1.29, 1.82) is 0 Å². The fraction of sp³-hybridized carbons (Fsp3) is 0.444. The number of benzene rings is 1. The highest BCUT2D eigenvalue weighted by atomic mass is 16.5. The zero-order valence-electron chi connectivity index (χ0n) is 14.4. The molecule has 1 aromatic carbocycles. The molecular weight excluding hydrogens is 322 g/mol. The average molecular weight is 343 g/mol. The topological polar surface area (TPSA) is 81.5 Å². The Morgan fingerprint density at radius 3 is 2.44 bits per heavy atom. The lowest BCUT2D eigenvalue weighted by atomic mass is 10.1. The number of aromatic nitrogens is 2. The molecule has 0 spiro atoms. The SMILES string of the molecule is C[C@@H](OC(=O)c1nn(C)c(=O)c2ccccc12)C(=O)N1CCCCC1. The Balaban J connectivity index is 1.84. The van der Waals surface area contributed by atoms with Gasteiger partial charge in [-0.3, -0.25) is 9.59 Å². The van der Waals surface area contributed by atoms with E-state index in [9.17, 15) is 14.4 Å². The van der Waals surface area contributed by atoms with Crippen LogP contribution in [0.5, 0.6) is 0 Å². The molecule has 1 saturated heterocycles. The number of nitrogens with zero attached hydrogens (tertiary/aromatic N) is 3. The van der Waals surface area contributed by atoms with E-state index in [4.69, 9.17) is 4.74 Å². The third-order valence-electron chi connectivity index (χ3n) is 4.45. The van der Waals surface area contributed by atoms with Crippen molar-refractivity contribution >= 4 is 22.6 Å². The fourth-order valence-corrected chi connectivity index (χ4v) is 3.09. The normalized spacial score (nSPS) is 15.8. The van der Waals surface area contributed by atoms with Crippen LogP contribution >= 0.6 is 0 Å². The first-order valence-corrected chi connectivity index (χ1v) is 8.45. The third-order valence-corrected chi connectivity index (χ3v) is 4.45. The summed E-state index contributed by atoms with van der Waals surface area (Å²) in [6.07, 6.45) is 2.17. The quantitative estimate of drug-likeness (QED) is 0.789. The predicted octanol–water partition coefficient (Wildman–Crippen LogP) is 1.49. The molecule has 0 aliphatic carbocycles. The molecule has 2 heterocycles. The second kappa shape index (κ2) is 7.04. The zero-order chi connectivity index (χ0) is 18.0. The molecule has 0 saturated carbocycles. The highest BCUT2D eigenvalue weighted by Gasteiger charge is 2.27. The van der Waals surface area contributed by atoms with E-state index in [2.05, 4.69) is 5.10 Å². The number of hydrogen-bond donors (Lipinski definition) is 0. The van der Waals surface area contributed by atoms with Crippen LogP contribution in [0.1, 0.15) is 36.7 Å². The van der Waals surface area contributed by atoms with E-state index < -0.39 is 12.1 Å². The van der Waals surface area contributed by atoms with Crippen molar-refractivity contribution in [3.8, 4) is 0 Å². The lowest BCUT2D eigenvalue weighted by Gasteiger charge is -2.28. The zero-order valence-corrected chi connectivity index (χ0v) is 14.4. The lowest BCUT2D eigenvalue weighted by Crippen LogP contribution is -2.42. The Morgan fingerprint density at radius 1 is 1.12 bits per heavy atom. The van der Waals surface area contributed by atoms with Gasteiger partial charge in [-0.25, -0.2) is 9.48 Å². The number of amides is 1. The van der Waals surface area contributed by atoms with Crippen LogP contribution in [0.15, 0.2) is 29.1 Å². The number of carbonyl (C=O) groups is 2. The van der Waals surface area contributed by atoms with Crippen LogP contribution in [0.4, 0.5) is 0 Å². The van der Waals surface area contributed by atoms with Crippen molar-refractivity contribution < 1.29 is 14.3 Å².